The van der Waals surface area contributed by atoms with E-state index >= 15 is 0 Å². The van der Waals surface area contributed by atoms with Gasteiger partial charge in [0.05, 0.1) is 0 Å². The minimum Gasteiger partial charge on any atom is -0.396 e. The fraction of sp³-hybridized carbons (Fsp3) is 0.167. The third-order valence-corrected chi connectivity index (χ3v) is 4.46. The minimum absolute atomic E-state index is 0.172. The van der Waals surface area contributed by atoms with E-state index in [0.717, 1.165) is 29.0 Å². The molecule has 0 spiro atoms. The molecule has 0 atom stereocenters. The lowest BCUT2D eigenvalue weighted by Gasteiger charge is -2.26. The van der Waals surface area contributed by atoms with Crippen molar-refractivity contribution in [3.05, 3.63) is 102 Å². The van der Waals surface area contributed by atoms with E-state index in [0.29, 0.717) is 6.42 Å². The van der Waals surface area contributed by atoms with Crippen LogP contribution in [0.1, 0.15) is 16.7 Å². The van der Waals surface area contributed by atoms with Crippen LogP contribution in [0.5, 0.6) is 0 Å². The number of aryl methyl sites for hydroxylation is 1. The molecule has 132 valence electrons. The summed E-state index contributed by atoms with van der Waals surface area (Å²) in [6.07, 6.45) is 3.48. The molecule has 26 heavy (non-hydrogen) atoms. The summed E-state index contributed by atoms with van der Waals surface area (Å²) < 4.78 is 0. The Balaban J connectivity index is 2.01. The molecule has 0 heterocycles. The molecular formula is C24H25NO. The van der Waals surface area contributed by atoms with Crippen LogP contribution in [-0.4, -0.2) is 11.7 Å². The average molecular weight is 343 g/mol. The predicted octanol–water partition coefficient (Wildman–Crippen LogP) is 5.73. The van der Waals surface area contributed by atoms with Crippen molar-refractivity contribution in [1.29, 1.82) is 0 Å². The van der Waals surface area contributed by atoms with Crippen molar-refractivity contribution >= 4 is 17.1 Å². The lowest BCUT2D eigenvalue weighted by Crippen LogP contribution is -2.10. The molecular weight excluding hydrogens is 318 g/mol. The zero-order valence-electron chi connectivity index (χ0n) is 15.2. The number of aliphatic hydroxyl groups is 1. The molecule has 0 aliphatic carbocycles. The molecule has 0 saturated carbocycles. The maximum absolute atomic E-state index is 9.13. The molecule has 0 saturated heterocycles. The van der Waals surface area contributed by atoms with Crippen LogP contribution in [0.25, 0.3) is 0 Å². The van der Waals surface area contributed by atoms with Gasteiger partial charge in [0.1, 0.15) is 0 Å². The molecule has 2 heteroatoms. The first-order chi connectivity index (χ1) is 12.7. The third kappa shape index (κ3) is 4.22. The fourth-order valence-electron chi connectivity index (χ4n) is 3.03. The zero-order valence-corrected chi connectivity index (χ0v) is 15.2. The van der Waals surface area contributed by atoms with Crippen molar-refractivity contribution < 1.29 is 5.11 Å². The van der Waals surface area contributed by atoms with Gasteiger partial charge in [-0.25, -0.2) is 0 Å². The van der Waals surface area contributed by atoms with Crippen LogP contribution >= 0.6 is 0 Å². The number of allylic oxidation sites excluding steroid dienone is 1. The Hall–Kier alpha value is -2.84. The number of aliphatic hydroxyl groups excluding tert-OH is 1. The summed E-state index contributed by atoms with van der Waals surface area (Å²) in [6, 6.07) is 25.6. The van der Waals surface area contributed by atoms with E-state index in [1.54, 1.807) is 0 Å². The lowest BCUT2D eigenvalue weighted by atomic mass is 10.1. The van der Waals surface area contributed by atoms with Crippen LogP contribution in [0.2, 0.25) is 0 Å². The van der Waals surface area contributed by atoms with Crippen molar-refractivity contribution in [1.82, 2.24) is 0 Å². The van der Waals surface area contributed by atoms with Crippen LogP contribution in [0, 0.1) is 6.92 Å². The summed E-state index contributed by atoms with van der Waals surface area (Å²) in [5.41, 5.74) is 6.99. The van der Waals surface area contributed by atoms with Gasteiger partial charge in [0, 0.05) is 23.7 Å². The molecule has 3 rings (SSSR count). The number of nitrogens with zero attached hydrogens (tertiary/aromatic N) is 1. The molecule has 1 N–H and O–H groups in total. The van der Waals surface area contributed by atoms with Gasteiger partial charge in [0.15, 0.2) is 0 Å². The van der Waals surface area contributed by atoms with E-state index in [2.05, 4.69) is 91.2 Å². The Bertz CT molecular complexity index is 833. The molecule has 3 aromatic rings. The molecule has 0 aromatic heterocycles. The molecule has 0 unspecified atom stereocenters. The van der Waals surface area contributed by atoms with Crippen LogP contribution in [-0.2, 0) is 12.8 Å². The number of rotatable bonds is 7. The quantitative estimate of drug-likeness (QED) is 0.554. The second-order valence-corrected chi connectivity index (χ2v) is 6.47. The Labute approximate surface area is 156 Å². The van der Waals surface area contributed by atoms with E-state index in [1.165, 1.54) is 11.1 Å². The summed E-state index contributed by atoms with van der Waals surface area (Å²) in [6.45, 7) is 6.08. The van der Waals surface area contributed by atoms with Gasteiger partial charge in [0.25, 0.3) is 0 Å². The van der Waals surface area contributed by atoms with Gasteiger partial charge in [-0.05, 0) is 67.3 Å². The Kier molecular flexibility index (Phi) is 5.88. The molecule has 0 aliphatic heterocycles. The molecule has 3 aromatic carbocycles. The molecule has 0 fully saturated rings. The van der Waals surface area contributed by atoms with Gasteiger partial charge >= 0.3 is 0 Å². The summed E-state index contributed by atoms with van der Waals surface area (Å²) in [5.74, 6) is 0. The van der Waals surface area contributed by atoms with Gasteiger partial charge in [-0.1, -0.05) is 48.0 Å². The highest BCUT2D eigenvalue weighted by Crippen LogP contribution is 2.34. The Morgan fingerprint density at radius 1 is 0.769 bits per heavy atom. The first kappa shape index (κ1) is 18.0. The second kappa shape index (κ2) is 8.50. The van der Waals surface area contributed by atoms with Crippen molar-refractivity contribution in [2.24, 2.45) is 0 Å². The minimum atomic E-state index is 0.172. The molecule has 0 radical (unpaired) electrons. The van der Waals surface area contributed by atoms with Crippen LogP contribution in [0.3, 0.4) is 0 Å². The second-order valence-electron chi connectivity index (χ2n) is 6.47. The zero-order chi connectivity index (χ0) is 18.4. The van der Waals surface area contributed by atoms with E-state index in [4.69, 9.17) is 5.11 Å². The normalized spacial score (nSPS) is 10.5. The monoisotopic (exact) mass is 343 g/mol. The van der Waals surface area contributed by atoms with Gasteiger partial charge in [0.2, 0.25) is 0 Å². The van der Waals surface area contributed by atoms with Crippen molar-refractivity contribution in [3.63, 3.8) is 0 Å². The van der Waals surface area contributed by atoms with Crippen molar-refractivity contribution in [3.8, 4) is 0 Å². The van der Waals surface area contributed by atoms with Crippen LogP contribution < -0.4 is 4.90 Å². The number of hydrogen-bond donors (Lipinski definition) is 1. The Morgan fingerprint density at radius 3 is 1.69 bits per heavy atom. The highest BCUT2D eigenvalue weighted by molar-refractivity contribution is 5.76. The highest BCUT2D eigenvalue weighted by atomic mass is 16.2. The molecule has 0 amide bonds. The van der Waals surface area contributed by atoms with Crippen LogP contribution in [0.4, 0.5) is 17.1 Å². The van der Waals surface area contributed by atoms with Gasteiger partial charge < -0.3 is 10.0 Å². The fourth-order valence-corrected chi connectivity index (χ4v) is 3.03. The lowest BCUT2D eigenvalue weighted by molar-refractivity contribution is 0.299. The molecule has 0 aliphatic rings. The molecule has 2 nitrogen and oxygen atoms in total. The SMILES string of the molecule is C=CCc1ccc(N(c2ccc(C)cc2)c2ccc(CCO)cc2)cc1. The van der Waals surface area contributed by atoms with Gasteiger partial charge in [-0.2, -0.15) is 0 Å². The first-order valence-corrected chi connectivity index (χ1v) is 8.97. The average Bonchev–Trinajstić information content (AvgIpc) is 2.67. The summed E-state index contributed by atoms with van der Waals surface area (Å²) in [7, 11) is 0. The van der Waals surface area contributed by atoms with E-state index < -0.39 is 0 Å². The third-order valence-electron chi connectivity index (χ3n) is 4.46. The van der Waals surface area contributed by atoms with Gasteiger partial charge in [-0.15, -0.1) is 6.58 Å². The summed E-state index contributed by atoms with van der Waals surface area (Å²) in [5, 5.41) is 9.13. The smallest absolute Gasteiger partial charge is 0.0471 e. The predicted molar refractivity (Wildman–Crippen MR) is 111 cm³/mol. The summed E-state index contributed by atoms with van der Waals surface area (Å²) >= 11 is 0. The number of benzene rings is 3. The van der Waals surface area contributed by atoms with Crippen molar-refractivity contribution in [2.45, 2.75) is 19.8 Å². The van der Waals surface area contributed by atoms with E-state index in [-0.39, 0.29) is 6.61 Å². The first-order valence-electron chi connectivity index (χ1n) is 8.97. The standard InChI is InChI=1S/C24H25NO/c1-3-4-20-7-13-23(14-8-20)25(22-11-5-19(2)6-12-22)24-15-9-21(10-16-24)17-18-26/h3,5-16,26H,1,4,17-18H2,2H3. The summed E-state index contributed by atoms with van der Waals surface area (Å²) in [4.78, 5) is 2.25. The number of anilines is 3. The number of hydrogen-bond acceptors (Lipinski definition) is 2. The van der Waals surface area contributed by atoms with Crippen LogP contribution in [0.15, 0.2) is 85.5 Å². The van der Waals surface area contributed by atoms with E-state index in [1.807, 2.05) is 6.08 Å². The van der Waals surface area contributed by atoms with E-state index in [9.17, 15) is 0 Å². The maximum atomic E-state index is 9.13. The van der Waals surface area contributed by atoms with Gasteiger partial charge in [-0.3, -0.25) is 0 Å². The Morgan fingerprint density at radius 2 is 1.23 bits per heavy atom. The van der Waals surface area contributed by atoms with Crippen molar-refractivity contribution in [2.75, 3.05) is 11.5 Å². The topological polar surface area (TPSA) is 23.5 Å². The molecule has 0 bridgehead atoms. The maximum Gasteiger partial charge on any atom is 0.0471 e. The largest absolute Gasteiger partial charge is 0.396 e. The highest BCUT2D eigenvalue weighted by Gasteiger charge is 2.12.